The van der Waals surface area contributed by atoms with Crippen LogP contribution in [0.4, 0.5) is 0 Å². The molecule has 0 aromatic carbocycles. The quantitative estimate of drug-likeness (QED) is 0.760. The number of aliphatic hydroxyl groups is 1. The van der Waals surface area contributed by atoms with Crippen LogP contribution in [0.1, 0.15) is 31.2 Å². The van der Waals surface area contributed by atoms with Gasteiger partial charge in [0.15, 0.2) is 0 Å². The summed E-state index contributed by atoms with van der Waals surface area (Å²) in [6.07, 6.45) is 3.91. The minimum absolute atomic E-state index is 0.199. The van der Waals surface area contributed by atoms with Crippen molar-refractivity contribution >= 4 is 11.3 Å². The first-order chi connectivity index (χ1) is 6.70. The molecule has 0 fully saturated rings. The second-order valence-electron chi connectivity index (χ2n) is 3.32. The van der Waals surface area contributed by atoms with E-state index in [0.717, 1.165) is 4.88 Å². The van der Waals surface area contributed by atoms with Crippen molar-refractivity contribution in [2.45, 2.75) is 32.5 Å². The van der Waals surface area contributed by atoms with Crippen LogP contribution in [-0.4, -0.2) is 11.2 Å². The van der Waals surface area contributed by atoms with Crippen LogP contribution in [-0.2, 0) is 4.74 Å². The summed E-state index contributed by atoms with van der Waals surface area (Å²) >= 11 is 1.57. The third kappa shape index (κ3) is 3.94. The molecule has 0 amide bonds. The molecule has 0 saturated heterocycles. The molecule has 1 atom stereocenters. The van der Waals surface area contributed by atoms with Crippen molar-refractivity contribution in [2.75, 3.05) is 0 Å². The molecule has 1 unspecified atom stereocenters. The monoisotopic (exact) mass is 212 g/mol. The Balaban J connectivity index is 2.28. The summed E-state index contributed by atoms with van der Waals surface area (Å²) < 4.78 is 5.22. The van der Waals surface area contributed by atoms with Crippen molar-refractivity contribution in [3.05, 3.63) is 34.7 Å². The SMILES string of the molecule is CC(C)O/C=C/CC(O)c1cccs1. The highest BCUT2D eigenvalue weighted by Crippen LogP contribution is 2.21. The molecular weight excluding hydrogens is 196 g/mol. The highest BCUT2D eigenvalue weighted by Gasteiger charge is 2.05. The zero-order valence-corrected chi connectivity index (χ0v) is 9.33. The molecular formula is C11H16O2S. The van der Waals surface area contributed by atoms with Crippen LogP contribution in [0.2, 0.25) is 0 Å². The lowest BCUT2D eigenvalue weighted by Crippen LogP contribution is -1.96. The van der Waals surface area contributed by atoms with E-state index < -0.39 is 6.10 Å². The number of rotatable bonds is 5. The molecule has 2 nitrogen and oxygen atoms in total. The molecule has 0 saturated carbocycles. The largest absolute Gasteiger partial charge is 0.499 e. The average molecular weight is 212 g/mol. The number of hydrogen-bond donors (Lipinski definition) is 1. The minimum atomic E-state index is -0.401. The summed E-state index contributed by atoms with van der Waals surface area (Å²) in [5.41, 5.74) is 0. The molecule has 3 heteroatoms. The van der Waals surface area contributed by atoms with Crippen molar-refractivity contribution in [1.82, 2.24) is 0 Å². The second kappa shape index (κ2) is 5.83. The van der Waals surface area contributed by atoms with Crippen molar-refractivity contribution in [2.24, 2.45) is 0 Å². The van der Waals surface area contributed by atoms with E-state index in [1.54, 1.807) is 17.6 Å². The molecule has 0 aliphatic rings. The van der Waals surface area contributed by atoms with E-state index in [9.17, 15) is 5.11 Å². The maximum atomic E-state index is 9.68. The lowest BCUT2D eigenvalue weighted by molar-refractivity contribution is 0.168. The Kier molecular flexibility index (Phi) is 4.70. The lowest BCUT2D eigenvalue weighted by atomic mass is 10.2. The second-order valence-corrected chi connectivity index (χ2v) is 4.30. The molecule has 0 spiro atoms. The fraction of sp³-hybridized carbons (Fsp3) is 0.455. The molecule has 1 heterocycles. The highest BCUT2D eigenvalue weighted by atomic mass is 32.1. The van der Waals surface area contributed by atoms with Gasteiger partial charge in [-0.2, -0.15) is 0 Å². The third-order valence-corrected chi connectivity index (χ3v) is 2.65. The summed E-state index contributed by atoms with van der Waals surface area (Å²) in [7, 11) is 0. The fourth-order valence-electron chi connectivity index (χ4n) is 0.994. The van der Waals surface area contributed by atoms with E-state index in [2.05, 4.69) is 0 Å². The maximum Gasteiger partial charge on any atom is 0.0922 e. The lowest BCUT2D eigenvalue weighted by Gasteiger charge is -2.05. The van der Waals surface area contributed by atoms with Crippen molar-refractivity contribution in [1.29, 1.82) is 0 Å². The van der Waals surface area contributed by atoms with Gasteiger partial charge >= 0.3 is 0 Å². The Bertz CT molecular complexity index is 265. The smallest absolute Gasteiger partial charge is 0.0922 e. The van der Waals surface area contributed by atoms with Gasteiger partial charge < -0.3 is 9.84 Å². The van der Waals surface area contributed by atoms with Crippen molar-refractivity contribution < 1.29 is 9.84 Å². The fourth-order valence-corrected chi connectivity index (χ4v) is 1.72. The molecule has 1 aromatic rings. The first-order valence-electron chi connectivity index (χ1n) is 4.72. The summed E-state index contributed by atoms with van der Waals surface area (Å²) in [4.78, 5) is 0.999. The summed E-state index contributed by atoms with van der Waals surface area (Å²) in [6, 6.07) is 3.88. The topological polar surface area (TPSA) is 29.5 Å². The summed E-state index contributed by atoms with van der Waals surface area (Å²) in [5.74, 6) is 0. The number of aliphatic hydroxyl groups excluding tert-OH is 1. The molecule has 0 aliphatic carbocycles. The zero-order chi connectivity index (χ0) is 10.4. The van der Waals surface area contributed by atoms with Gasteiger partial charge in [-0.15, -0.1) is 11.3 Å². The normalized spacial score (nSPS) is 13.7. The van der Waals surface area contributed by atoms with Gasteiger partial charge in [0, 0.05) is 4.88 Å². The Hall–Kier alpha value is -0.800. The highest BCUT2D eigenvalue weighted by molar-refractivity contribution is 7.10. The Morgan fingerprint density at radius 1 is 1.57 bits per heavy atom. The van der Waals surface area contributed by atoms with Crippen LogP contribution in [0, 0.1) is 0 Å². The van der Waals surface area contributed by atoms with Crippen LogP contribution in [0.15, 0.2) is 29.9 Å². The molecule has 78 valence electrons. The Labute approximate surface area is 88.8 Å². The molecule has 1 N–H and O–H groups in total. The van der Waals surface area contributed by atoms with Gasteiger partial charge in [-0.05, 0) is 37.8 Å². The van der Waals surface area contributed by atoms with Crippen LogP contribution < -0.4 is 0 Å². The van der Waals surface area contributed by atoms with Gasteiger partial charge in [-0.1, -0.05) is 6.07 Å². The zero-order valence-electron chi connectivity index (χ0n) is 8.51. The standard InChI is InChI=1S/C11H16O2S/c1-9(2)13-7-3-5-10(12)11-6-4-8-14-11/h3-4,6-10,12H,5H2,1-2H3/b7-3+. The van der Waals surface area contributed by atoms with Crippen LogP contribution in [0.3, 0.4) is 0 Å². The number of ether oxygens (including phenoxy) is 1. The first kappa shape index (κ1) is 11.3. The maximum absolute atomic E-state index is 9.68. The molecule has 0 aliphatic heterocycles. The van der Waals surface area contributed by atoms with Gasteiger partial charge in [-0.25, -0.2) is 0 Å². The van der Waals surface area contributed by atoms with E-state index in [4.69, 9.17) is 4.74 Å². The molecule has 1 rings (SSSR count). The van der Waals surface area contributed by atoms with Gasteiger partial charge in [0.2, 0.25) is 0 Å². The third-order valence-electron chi connectivity index (χ3n) is 1.68. The van der Waals surface area contributed by atoms with Gasteiger partial charge in [0.05, 0.1) is 18.5 Å². The number of thiophene rings is 1. The van der Waals surface area contributed by atoms with Gasteiger partial charge in [0.1, 0.15) is 0 Å². The average Bonchev–Trinajstić information content (AvgIpc) is 2.64. The van der Waals surface area contributed by atoms with Crippen molar-refractivity contribution in [3.63, 3.8) is 0 Å². The molecule has 0 bridgehead atoms. The van der Waals surface area contributed by atoms with Crippen LogP contribution >= 0.6 is 11.3 Å². The molecule has 0 radical (unpaired) electrons. The number of hydrogen-bond acceptors (Lipinski definition) is 3. The summed E-state index contributed by atoms with van der Waals surface area (Å²) in [5, 5.41) is 11.6. The van der Waals surface area contributed by atoms with Crippen LogP contribution in [0.25, 0.3) is 0 Å². The van der Waals surface area contributed by atoms with E-state index in [-0.39, 0.29) is 6.10 Å². The minimum Gasteiger partial charge on any atom is -0.499 e. The van der Waals surface area contributed by atoms with E-state index in [1.165, 1.54) is 0 Å². The van der Waals surface area contributed by atoms with Gasteiger partial charge in [-0.3, -0.25) is 0 Å². The van der Waals surface area contributed by atoms with Crippen molar-refractivity contribution in [3.8, 4) is 0 Å². The first-order valence-corrected chi connectivity index (χ1v) is 5.60. The predicted molar refractivity (Wildman–Crippen MR) is 59.3 cm³/mol. The van der Waals surface area contributed by atoms with E-state index in [0.29, 0.717) is 6.42 Å². The van der Waals surface area contributed by atoms with Gasteiger partial charge in [0.25, 0.3) is 0 Å². The summed E-state index contributed by atoms with van der Waals surface area (Å²) in [6.45, 7) is 3.94. The van der Waals surface area contributed by atoms with Crippen LogP contribution in [0.5, 0.6) is 0 Å². The van der Waals surface area contributed by atoms with E-state index in [1.807, 2.05) is 37.4 Å². The Morgan fingerprint density at radius 2 is 2.36 bits per heavy atom. The van der Waals surface area contributed by atoms with E-state index >= 15 is 0 Å². The molecule has 14 heavy (non-hydrogen) atoms. The Morgan fingerprint density at radius 3 is 2.93 bits per heavy atom. The predicted octanol–water partition coefficient (Wildman–Crippen LogP) is 3.11. The molecule has 1 aromatic heterocycles.